The van der Waals surface area contributed by atoms with Crippen molar-refractivity contribution in [3.8, 4) is 10.6 Å². The summed E-state index contributed by atoms with van der Waals surface area (Å²) < 4.78 is 0. The fraction of sp³-hybridized carbons (Fsp3) is 0.750. The lowest BCUT2D eigenvalue weighted by Gasteiger charge is -2.16. The van der Waals surface area contributed by atoms with Crippen molar-refractivity contribution in [2.24, 2.45) is 10.9 Å². The van der Waals surface area contributed by atoms with E-state index in [-0.39, 0.29) is 0 Å². The number of nitrogens with one attached hydrogen (secondary N) is 2. The number of hydrogen-bond donors (Lipinski definition) is 2. The van der Waals surface area contributed by atoms with Crippen LogP contribution in [0, 0.1) is 26.7 Å². The first-order chi connectivity index (χ1) is 18.7. The van der Waals surface area contributed by atoms with Crippen LogP contribution in [0.1, 0.15) is 130 Å². The molecule has 2 heterocycles. The molecule has 0 spiro atoms. The van der Waals surface area contributed by atoms with E-state index in [0.29, 0.717) is 12.0 Å². The van der Waals surface area contributed by atoms with Crippen LogP contribution < -0.4 is 10.6 Å². The predicted octanol–water partition coefficient (Wildman–Crippen LogP) is 10.5. The molecule has 1 fully saturated rings. The number of unbranched alkanes of at least 4 members (excludes halogenated alkanes) is 2. The Hall–Kier alpha value is -2.02. The summed E-state index contributed by atoms with van der Waals surface area (Å²) >= 11 is 1.69. The number of hydrogen-bond acceptors (Lipinski definition) is 7. The van der Waals surface area contributed by atoms with E-state index in [0.717, 1.165) is 40.1 Å². The van der Waals surface area contributed by atoms with Gasteiger partial charge >= 0.3 is 0 Å². The Labute approximate surface area is 247 Å². The number of aromatic nitrogens is 3. The average molecular weight is 565 g/mol. The second-order valence-corrected chi connectivity index (χ2v) is 10.2. The third-order valence-electron chi connectivity index (χ3n) is 5.12. The summed E-state index contributed by atoms with van der Waals surface area (Å²) in [5.41, 5.74) is 3.04. The molecule has 0 amide bonds. The van der Waals surface area contributed by atoms with Gasteiger partial charge in [-0.2, -0.15) is 4.98 Å². The van der Waals surface area contributed by atoms with Crippen LogP contribution in [0.3, 0.4) is 0 Å². The zero-order valence-electron chi connectivity index (χ0n) is 28.4. The topological polar surface area (TPSA) is 75.1 Å². The summed E-state index contributed by atoms with van der Waals surface area (Å²) in [5.74, 6) is 2.31. The first-order valence-corrected chi connectivity index (χ1v) is 16.2. The van der Waals surface area contributed by atoms with Gasteiger partial charge in [0.25, 0.3) is 0 Å². The number of thiazole rings is 1. The molecule has 228 valence electrons. The van der Waals surface area contributed by atoms with Crippen LogP contribution in [0.15, 0.2) is 4.99 Å². The number of rotatable bonds is 8. The first kappa shape index (κ1) is 41.5. The van der Waals surface area contributed by atoms with Crippen molar-refractivity contribution in [3.05, 3.63) is 16.3 Å². The van der Waals surface area contributed by atoms with Gasteiger partial charge in [-0.1, -0.05) is 81.6 Å². The summed E-state index contributed by atoms with van der Waals surface area (Å²) in [6.45, 7) is 27.0. The van der Waals surface area contributed by atoms with E-state index < -0.39 is 0 Å². The minimum absolute atomic E-state index is 0.430. The summed E-state index contributed by atoms with van der Waals surface area (Å²) in [7, 11) is 3.71. The highest BCUT2D eigenvalue weighted by Crippen LogP contribution is 2.36. The molecule has 2 aromatic rings. The van der Waals surface area contributed by atoms with Crippen molar-refractivity contribution in [1.82, 2.24) is 15.0 Å². The Morgan fingerprint density at radius 1 is 0.923 bits per heavy atom. The van der Waals surface area contributed by atoms with Gasteiger partial charge in [0, 0.05) is 25.0 Å². The first-order valence-electron chi connectivity index (χ1n) is 15.4. The normalized spacial score (nSPS) is 12.0. The maximum absolute atomic E-state index is 4.66. The fourth-order valence-electron chi connectivity index (χ4n) is 3.00. The molecule has 1 aliphatic rings. The van der Waals surface area contributed by atoms with Crippen molar-refractivity contribution >= 4 is 29.3 Å². The number of aryl methyl sites for hydroxylation is 3. The quantitative estimate of drug-likeness (QED) is 0.246. The third-order valence-corrected chi connectivity index (χ3v) is 6.21. The average Bonchev–Trinajstić information content (AvgIpc) is 3.73. The molecule has 0 saturated heterocycles. The van der Waals surface area contributed by atoms with Gasteiger partial charge < -0.3 is 15.6 Å². The van der Waals surface area contributed by atoms with Crippen LogP contribution in [0.2, 0.25) is 0 Å². The molecule has 1 aliphatic carbocycles. The molecular weight excluding hydrogens is 500 g/mol. The van der Waals surface area contributed by atoms with E-state index >= 15 is 0 Å². The smallest absolute Gasteiger partial charge is 0.225 e. The predicted molar refractivity (Wildman–Crippen MR) is 181 cm³/mol. The Kier molecular flexibility index (Phi) is 29.3. The van der Waals surface area contributed by atoms with Gasteiger partial charge in [-0.05, 0) is 65.5 Å². The molecule has 6 nitrogen and oxygen atoms in total. The van der Waals surface area contributed by atoms with E-state index in [4.69, 9.17) is 0 Å². The van der Waals surface area contributed by atoms with Gasteiger partial charge in [-0.25, -0.2) is 9.97 Å². The monoisotopic (exact) mass is 564 g/mol. The van der Waals surface area contributed by atoms with Crippen LogP contribution in [0.4, 0.5) is 11.8 Å². The summed E-state index contributed by atoms with van der Waals surface area (Å²) in [4.78, 5) is 19.0. The minimum Gasteiger partial charge on any atom is -0.372 e. The largest absolute Gasteiger partial charge is 0.372 e. The molecule has 7 heteroatoms. The molecule has 0 bridgehead atoms. The minimum atomic E-state index is 0.430. The van der Waals surface area contributed by atoms with Crippen LogP contribution in [-0.4, -0.2) is 41.3 Å². The van der Waals surface area contributed by atoms with E-state index in [2.05, 4.69) is 79.0 Å². The van der Waals surface area contributed by atoms with E-state index in [1.807, 2.05) is 61.9 Å². The molecule has 0 aliphatic heterocycles. The van der Waals surface area contributed by atoms with Gasteiger partial charge in [0.15, 0.2) is 0 Å². The SMILES string of the molecule is CC.CC.CCC.CCC.CCCCC=NC.CNc1nc(N[C@H](C)C2CC2)nc(C)c1-c1nc(C)c(C)s1. The maximum Gasteiger partial charge on any atom is 0.225 e. The van der Waals surface area contributed by atoms with Crippen LogP contribution in [0.5, 0.6) is 0 Å². The van der Waals surface area contributed by atoms with E-state index in [9.17, 15) is 0 Å². The highest BCUT2D eigenvalue weighted by Gasteiger charge is 2.28. The van der Waals surface area contributed by atoms with Crippen molar-refractivity contribution in [2.75, 3.05) is 24.7 Å². The summed E-state index contributed by atoms with van der Waals surface area (Å²) in [5, 5.41) is 7.62. The van der Waals surface area contributed by atoms with E-state index in [1.165, 1.54) is 43.4 Å². The van der Waals surface area contributed by atoms with Crippen LogP contribution in [-0.2, 0) is 0 Å². The van der Waals surface area contributed by atoms with Gasteiger partial charge in [0.2, 0.25) is 5.95 Å². The standard InChI is InChI=1S/C16H23N5S.C6H13N.2C3H8.2C2H6/c1-8-11(4)22-15(18-8)13-10(3)20-16(21-14(13)17-5)19-9(2)12-6-7-12;1-3-4-5-6-7-2;2*1-3-2;2*1-2/h9,12H,6-7H2,1-5H3,(H2,17,19,20,21);6H,3-5H2,1-2H3;2*3H2,1-2H3;2*1-2H3/t9-;;;;;/m1...../s1. The molecule has 2 N–H and O–H groups in total. The molecule has 39 heavy (non-hydrogen) atoms. The second-order valence-electron chi connectivity index (χ2n) is 9.03. The van der Waals surface area contributed by atoms with Gasteiger partial charge in [0.05, 0.1) is 17.0 Å². The Morgan fingerprint density at radius 3 is 1.85 bits per heavy atom. The lowest BCUT2D eigenvalue weighted by atomic mass is 10.2. The Balaban J connectivity index is -0.000000635. The molecular formula is C32H64N6S. The molecule has 2 aromatic heterocycles. The number of anilines is 2. The number of aliphatic imine (C=N–C) groups is 1. The van der Waals surface area contributed by atoms with Gasteiger partial charge in [-0.15, -0.1) is 11.3 Å². The molecule has 0 unspecified atom stereocenters. The van der Waals surface area contributed by atoms with Crippen molar-refractivity contribution < 1.29 is 0 Å². The Bertz CT molecular complexity index is 822. The van der Waals surface area contributed by atoms with Crippen molar-refractivity contribution in [1.29, 1.82) is 0 Å². The van der Waals surface area contributed by atoms with Crippen LogP contribution in [0.25, 0.3) is 10.6 Å². The molecule has 1 saturated carbocycles. The number of nitrogens with zero attached hydrogens (tertiary/aromatic N) is 4. The fourth-order valence-corrected chi connectivity index (χ4v) is 4.01. The van der Waals surface area contributed by atoms with Crippen molar-refractivity contribution in [2.45, 2.75) is 141 Å². The van der Waals surface area contributed by atoms with E-state index in [1.54, 1.807) is 11.3 Å². The summed E-state index contributed by atoms with van der Waals surface area (Å²) in [6.07, 6.45) is 10.8. The zero-order chi connectivity index (χ0) is 30.8. The van der Waals surface area contributed by atoms with Crippen molar-refractivity contribution in [3.63, 3.8) is 0 Å². The summed E-state index contributed by atoms with van der Waals surface area (Å²) in [6, 6.07) is 0.430. The lowest BCUT2D eigenvalue weighted by molar-refractivity contribution is 0.686. The Morgan fingerprint density at radius 2 is 1.46 bits per heavy atom. The lowest BCUT2D eigenvalue weighted by Crippen LogP contribution is -2.20. The van der Waals surface area contributed by atoms with Gasteiger partial charge in [-0.3, -0.25) is 0 Å². The van der Waals surface area contributed by atoms with Crippen LogP contribution >= 0.6 is 11.3 Å². The molecule has 0 aromatic carbocycles. The zero-order valence-corrected chi connectivity index (χ0v) is 29.2. The second kappa shape index (κ2) is 27.5. The third kappa shape index (κ3) is 18.8. The molecule has 3 rings (SSSR count). The highest BCUT2D eigenvalue weighted by molar-refractivity contribution is 7.15. The molecule has 1 atom stereocenters. The molecule has 0 radical (unpaired) electrons. The highest BCUT2D eigenvalue weighted by atomic mass is 32.1. The maximum atomic E-state index is 4.66. The van der Waals surface area contributed by atoms with Gasteiger partial charge in [0.1, 0.15) is 10.8 Å².